The van der Waals surface area contributed by atoms with E-state index in [1.165, 1.54) is 0 Å². The smallest absolute Gasteiger partial charge is 0.407 e. The van der Waals surface area contributed by atoms with Crippen molar-refractivity contribution in [1.82, 2.24) is 10.6 Å². The molecular weight excluding hydrogens is 458 g/mol. The maximum Gasteiger partial charge on any atom is 0.407 e. The van der Waals surface area contributed by atoms with Crippen molar-refractivity contribution >= 4 is 18.0 Å². The second-order valence-electron chi connectivity index (χ2n) is 9.63. The molecule has 3 aliphatic rings. The Balaban J connectivity index is 1.12. The highest BCUT2D eigenvalue weighted by molar-refractivity contribution is 5.85. The van der Waals surface area contributed by atoms with Crippen LogP contribution in [0.2, 0.25) is 0 Å². The lowest BCUT2D eigenvalue weighted by Crippen LogP contribution is -2.56. The first-order valence-electron chi connectivity index (χ1n) is 11.7. The van der Waals surface area contributed by atoms with E-state index in [0.717, 1.165) is 22.3 Å². The van der Waals surface area contributed by atoms with Gasteiger partial charge in [0.1, 0.15) is 6.61 Å². The summed E-state index contributed by atoms with van der Waals surface area (Å²) in [5.74, 6) is -6.81. The van der Waals surface area contributed by atoms with Crippen LogP contribution in [0.5, 0.6) is 0 Å². The summed E-state index contributed by atoms with van der Waals surface area (Å²) < 4.78 is 34.1. The first kappa shape index (κ1) is 23.3. The molecule has 4 unspecified atom stereocenters. The molecule has 2 amide bonds. The number of carbonyl (C=O) groups is 3. The lowest BCUT2D eigenvalue weighted by molar-refractivity contribution is -0.147. The third-order valence-corrected chi connectivity index (χ3v) is 7.62. The standard InChI is InChI=1S/C26H26F2N2O5/c27-26(28,24(33)30-22-11-14-9-15(23(31)32)10-20(14)22)13-29-25(34)35-12-21-18-7-3-1-5-16(18)17-6-2-4-8-19(17)21/h1-8,14-15,20-22H,9-13H2,(H,29,34)(H,30,33)(H,31,32). The van der Waals surface area contributed by atoms with Crippen LogP contribution in [0.4, 0.5) is 13.6 Å². The van der Waals surface area contributed by atoms with Crippen molar-refractivity contribution in [3.63, 3.8) is 0 Å². The number of fused-ring (bicyclic) bond motifs is 4. The molecule has 2 saturated carbocycles. The highest BCUT2D eigenvalue weighted by atomic mass is 19.3. The predicted molar refractivity (Wildman–Crippen MR) is 122 cm³/mol. The van der Waals surface area contributed by atoms with E-state index in [9.17, 15) is 23.2 Å². The summed E-state index contributed by atoms with van der Waals surface area (Å²) in [6.45, 7) is -1.21. The van der Waals surface area contributed by atoms with Gasteiger partial charge in [-0.25, -0.2) is 4.79 Å². The number of carboxylic acid groups (broad SMARTS) is 1. The number of nitrogens with one attached hydrogen (secondary N) is 2. The number of rotatable bonds is 7. The van der Waals surface area contributed by atoms with E-state index in [-0.39, 0.29) is 24.4 Å². The Morgan fingerprint density at radius 3 is 2.23 bits per heavy atom. The molecule has 0 heterocycles. The summed E-state index contributed by atoms with van der Waals surface area (Å²) in [6.07, 6.45) is 0.375. The van der Waals surface area contributed by atoms with E-state index in [2.05, 4.69) is 5.32 Å². The van der Waals surface area contributed by atoms with E-state index in [1.807, 2.05) is 53.8 Å². The Kier molecular flexibility index (Phi) is 5.94. The molecule has 0 radical (unpaired) electrons. The van der Waals surface area contributed by atoms with Crippen molar-refractivity contribution < 1.29 is 33.0 Å². The Hall–Kier alpha value is -3.49. The van der Waals surface area contributed by atoms with Crippen LogP contribution < -0.4 is 10.6 Å². The van der Waals surface area contributed by atoms with Gasteiger partial charge in [0.05, 0.1) is 12.5 Å². The van der Waals surface area contributed by atoms with Crippen LogP contribution in [0.1, 0.15) is 36.3 Å². The fraction of sp³-hybridized carbons (Fsp3) is 0.423. The van der Waals surface area contributed by atoms with Crippen LogP contribution in [0.15, 0.2) is 48.5 Å². The average Bonchev–Trinajstić information content (AvgIpc) is 3.35. The highest BCUT2D eigenvalue weighted by Crippen LogP contribution is 2.50. The van der Waals surface area contributed by atoms with Gasteiger partial charge in [-0.3, -0.25) is 9.59 Å². The summed E-state index contributed by atoms with van der Waals surface area (Å²) in [5.41, 5.74) is 4.11. The Morgan fingerprint density at radius 2 is 1.60 bits per heavy atom. The van der Waals surface area contributed by atoms with E-state index >= 15 is 0 Å². The summed E-state index contributed by atoms with van der Waals surface area (Å²) in [4.78, 5) is 35.5. The van der Waals surface area contributed by atoms with Gasteiger partial charge in [-0.15, -0.1) is 0 Å². The Labute approximate surface area is 200 Å². The number of amides is 2. The van der Waals surface area contributed by atoms with Crippen LogP contribution in [-0.2, 0) is 14.3 Å². The van der Waals surface area contributed by atoms with Gasteiger partial charge in [-0.2, -0.15) is 8.78 Å². The largest absolute Gasteiger partial charge is 0.481 e. The molecule has 7 nitrogen and oxygen atoms in total. The second-order valence-corrected chi connectivity index (χ2v) is 9.63. The molecule has 2 aromatic rings. The van der Waals surface area contributed by atoms with Crippen LogP contribution in [-0.4, -0.2) is 48.2 Å². The zero-order valence-electron chi connectivity index (χ0n) is 18.9. The number of aliphatic carboxylic acids is 1. The van der Waals surface area contributed by atoms with Crippen molar-refractivity contribution in [2.75, 3.05) is 13.2 Å². The topological polar surface area (TPSA) is 105 Å². The SMILES string of the molecule is O=C(NCC(F)(F)C(=O)NC1CC2CC(C(=O)O)CC21)OCC1c2ccccc2-c2ccccc21. The molecule has 0 spiro atoms. The molecule has 0 aliphatic heterocycles. The van der Waals surface area contributed by atoms with Gasteiger partial charge < -0.3 is 20.5 Å². The molecule has 0 saturated heterocycles. The molecule has 5 rings (SSSR count). The molecule has 3 N–H and O–H groups in total. The van der Waals surface area contributed by atoms with E-state index in [4.69, 9.17) is 9.84 Å². The predicted octanol–water partition coefficient (Wildman–Crippen LogP) is 3.78. The number of hydrogen-bond donors (Lipinski definition) is 3. The second kappa shape index (κ2) is 8.94. The third kappa shape index (κ3) is 4.35. The van der Waals surface area contributed by atoms with Crippen LogP contribution >= 0.6 is 0 Å². The first-order chi connectivity index (χ1) is 16.7. The normalized spacial score (nSPS) is 24.5. The van der Waals surface area contributed by atoms with Crippen molar-refractivity contribution in [3.05, 3.63) is 59.7 Å². The molecule has 184 valence electrons. The highest BCUT2D eigenvalue weighted by Gasteiger charge is 2.52. The van der Waals surface area contributed by atoms with Crippen LogP contribution in [0.25, 0.3) is 11.1 Å². The fourth-order valence-electron chi connectivity index (χ4n) is 5.78. The minimum atomic E-state index is -3.82. The molecule has 2 aromatic carbocycles. The van der Waals surface area contributed by atoms with Crippen LogP contribution in [0.3, 0.4) is 0 Å². The quantitative estimate of drug-likeness (QED) is 0.555. The number of hydrogen-bond acceptors (Lipinski definition) is 4. The minimum absolute atomic E-state index is 0.0203. The Bertz CT molecular complexity index is 1120. The summed E-state index contributed by atoms with van der Waals surface area (Å²) >= 11 is 0. The number of benzene rings is 2. The van der Waals surface area contributed by atoms with Gasteiger partial charge >= 0.3 is 18.0 Å². The monoisotopic (exact) mass is 484 g/mol. The molecule has 35 heavy (non-hydrogen) atoms. The maximum absolute atomic E-state index is 14.4. The molecular formula is C26H26F2N2O5. The van der Waals surface area contributed by atoms with Crippen molar-refractivity contribution in [2.24, 2.45) is 17.8 Å². The van der Waals surface area contributed by atoms with Crippen molar-refractivity contribution in [3.8, 4) is 11.1 Å². The molecule has 9 heteroatoms. The lowest BCUT2D eigenvalue weighted by Gasteiger charge is -2.41. The van der Waals surface area contributed by atoms with Gasteiger partial charge in [0, 0.05) is 12.0 Å². The molecule has 2 fully saturated rings. The van der Waals surface area contributed by atoms with Gasteiger partial charge in [-0.05, 0) is 53.4 Å². The Morgan fingerprint density at radius 1 is 0.971 bits per heavy atom. The minimum Gasteiger partial charge on any atom is -0.481 e. The van der Waals surface area contributed by atoms with Crippen molar-refractivity contribution in [2.45, 2.75) is 37.1 Å². The molecule has 3 aliphatic carbocycles. The van der Waals surface area contributed by atoms with E-state index in [1.54, 1.807) is 0 Å². The van der Waals surface area contributed by atoms with Gasteiger partial charge in [-0.1, -0.05) is 48.5 Å². The number of ether oxygens (including phenoxy) is 1. The maximum atomic E-state index is 14.4. The summed E-state index contributed by atoms with van der Waals surface area (Å²) in [7, 11) is 0. The van der Waals surface area contributed by atoms with E-state index < -0.39 is 42.4 Å². The zero-order chi connectivity index (χ0) is 24.7. The zero-order valence-corrected chi connectivity index (χ0v) is 18.9. The number of halogens is 2. The molecule has 0 bridgehead atoms. The average molecular weight is 484 g/mol. The number of alkyl carbamates (subject to hydrolysis) is 1. The van der Waals surface area contributed by atoms with Crippen molar-refractivity contribution in [1.29, 1.82) is 0 Å². The number of carboxylic acids is 1. The van der Waals surface area contributed by atoms with Gasteiger partial charge in [0.2, 0.25) is 0 Å². The van der Waals surface area contributed by atoms with Gasteiger partial charge in [0.25, 0.3) is 5.91 Å². The first-order valence-corrected chi connectivity index (χ1v) is 11.7. The van der Waals surface area contributed by atoms with Gasteiger partial charge in [0.15, 0.2) is 0 Å². The molecule has 0 aromatic heterocycles. The van der Waals surface area contributed by atoms with E-state index in [0.29, 0.717) is 19.3 Å². The van der Waals surface area contributed by atoms with Crippen LogP contribution in [0, 0.1) is 17.8 Å². The third-order valence-electron chi connectivity index (χ3n) is 7.62. The fourth-order valence-corrected chi connectivity index (χ4v) is 5.78. The summed E-state index contributed by atoms with van der Waals surface area (Å²) in [5, 5.41) is 13.5. The number of alkyl halides is 2. The molecule has 4 atom stereocenters. The number of carbonyl (C=O) groups excluding carboxylic acids is 2. The summed E-state index contributed by atoms with van der Waals surface area (Å²) in [6, 6.07) is 15.1. The lowest BCUT2D eigenvalue weighted by atomic mass is 9.71.